The highest BCUT2D eigenvalue weighted by atomic mass is 32.2. The largest absolute Gasteiger partial charge is 0.493 e. The van der Waals surface area contributed by atoms with Crippen LogP contribution in [0.25, 0.3) is 0 Å². The van der Waals surface area contributed by atoms with Gasteiger partial charge in [0.25, 0.3) is 5.91 Å². The van der Waals surface area contributed by atoms with E-state index >= 15 is 0 Å². The number of ether oxygens (including phenoxy) is 1. The average Bonchev–Trinajstić information content (AvgIpc) is 2.16. The van der Waals surface area contributed by atoms with Gasteiger partial charge >= 0.3 is 0 Å². The summed E-state index contributed by atoms with van der Waals surface area (Å²) in [4.78, 5) is 11.6. The highest BCUT2D eigenvalue weighted by Crippen LogP contribution is 2.17. The Morgan fingerprint density at radius 3 is 2.56 bits per heavy atom. The van der Waals surface area contributed by atoms with Crippen molar-refractivity contribution in [2.45, 2.75) is 6.92 Å². The van der Waals surface area contributed by atoms with Crippen molar-refractivity contribution in [1.82, 2.24) is 4.72 Å². The van der Waals surface area contributed by atoms with Crippen LogP contribution in [0.1, 0.15) is 17.3 Å². The first-order valence-electron chi connectivity index (χ1n) is 4.68. The molecule has 0 saturated carbocycles. The van der Waals surface area contributed by atoms with Crippen LogP contribution in [0.15, 0.2) is 24.3 Å². The average molecular weight is 243 g/mol. The number of nitrogens with one attached hydrogen (secondary N) is 1. The van der Waals surface area contributed by atoms with Gasteiger partial charge in [0.15, 0.2) is 0 Å². The first-order chi connectivity index (χ1) is 7.44. The number of benzene rings is 1. The third-order valence-corrected chi connectivity index (χ3v) is 2.27. The van der Waals surface area contributed by atoms with E-state index in [4.69, 9.17) is 4.74 Å². The van der Waals surface area contributed by atoms with E-state index in [1.54, 1.807) is 25.1 Å². The molecule has 0 aliphatic rings. The van der Waals surface area contributed by atoms with E-state index in [1.807, 2.05) is 4.72 Å². The molecule has 0 spiro atoms. The maximum absolute atomic E-state index is 11.6. The Bertz CT molecular complexity index is 481. The summed E-state index contributed by atoms with van der Waals surface area (Å²) in [6, 6.07) is 6.47. The first-order valence-corrected chi connectivity index (χ1v) is 6.57. The van der Waals surface area contributed by atoms with E-state index in [2.05, 4.69) is 0 Å². The predicted octanol–water partition coefficient (Wildman–Crippen LogP) is 0.775. The Balaban J connectivity index is 2.99. The number of rotatable bonds is 4. The number of carbonyl (C=O) groups is 1. The fourth-order valence-corrected chi connectivity index (χ4v) is 1.61. The molecule has 1 N–H and O–H groups in total. The molecule has 0 heterocycles. The summed E-state index contributed by atoms with van der Waals surface area (Å²) in [6.07, 6.45) is 0.925. The first kappa shape index (κ1) is 12.5. The quantitative estimate of drug-likeness (QED) is 0.848. The zero-order valence-corrected chi connectivity index (χ0v) is 9.87. The van der Waals surface area contributed by atoms with Gasteiger partial charge in [-0.1, -0.05) is 12.1 Å². The van der Waals surface area contributed by atoms with Crippen molar-refractivity contribution in [3.05, 3.63) is 29.8 Å². The minimum Gasteiger partial charge on any atom is -0.493 e. The number of sulfonamides is 1. The minimum atomic E-state index is -3.56. The van der Waals surface area contributed by atoms with Crippen LogP contribution >= 0.6 is 0 Å². The van der Waals surface area contributed by atoms with Crippen molar-refractivity contribution in [3.8, 4) is 5.75 Å². The Hall–Kier alpha value is -1.56. The SMILES string of the molecule is CCOc1ccccc1C(=O)NS(C)(=O)=O. The van der Waals surface area contributed by atoms with Crippen LogP contribution in [0.5, 0.6) is 5.75 Å². The molecule has 0 aliphatic heterocycles. The monoisotopic (exact) mass is 243 g/mol. The highest BCUT2D eigenvalue weighted by Gasteiger charge is 2.15. The number of amides is 1. The lowest BCUT2D eigenvalue weighted by Gasteiger charge is -2.09. The van der Waals surface area contributed by atoms with Crippen molar-refractivity contribution >= 4 is 15.9 Å². The van der Waals surface area contributed by atoms with E-state index in [0.29, 0.717) is 12.4 Å². The number of hydrogen-bond acceptors (Lipinski definition) is 4. The van der Waals surface area contributed by atoms with Crippen molar-refractivity contribution in [3.63, 3.8) is 0 Å². The molecule has 1 aromatic carbocycles. The number of hydrogen-bond donors (Lipinski definition) is 1. The van der Waals surface area contributed by atoms with Gasteiger partial charge in [0.05, 0.1) is 18.4 Å². The van der Waals surface area contributed by atoms with Gasteiger partial charge in [-0.15, -0.1) is 0 Å². The van der Waals surface area contributed by atoms with Crippen LogP contribution < -0.4 is 9.46 Å². The topological polar surface area (TPSA) is 72.5 Å². The summed E-state index contributed by atoms with van der Waals surface area (Å²) in [6.45, 7) is 2.19. The molecule has 16 heavy (non-hydrogen) atoms. The third kappa shape index (κ3) is 3.54. The van der Waals surface area contributed by atoms with Gasteiger partial charge in [0.2, 0.25) is 10.0 Å². The molecule has 0 saturated heterocycles. The molecule has 0 aromatic heterocycles. The van der Waals surface area contributed by atoms with Crippen LogP contribution in [-0.2, 0) is 10.0 Å². The number of carbonyl (C=O) groups excluding carboxylic acids is 1. The highest BCUT2D eigenvalue weighted by molar-refractivity contribution is 7.89. The molecular weight excluding hydrogens is 230 g/mol. The van der Waals surface area contributed by atoms with Gasteiger partial charge in [-0.3, -0.25) is 4.79 Å². The Morgan fingerprint density at radius 2 is 2.00 bits per heavy atom. The van der Waals surface area contributed by atoms with Gasteiger partial charge in [-0.05, 0) is 19.1 Å². The second kappa shape index (κ2) is 4.98. The minimum absolute atomic E-state index is 0.203. The molecule has 0 atom stereocenters. The van der Waals surface area contributed by atoms with E-state index in [1.165, 1.54) is 6.07 Å². The summed E-state index contributed by atoms with van der Waals surface area (Å²) in [5.41, 5.74) is 0.203. The van der Waals surface area contributed by atoms with Crippen LogP contribution in [0.3, 0.4) is 0 Å². The van der Waals surface area contributed by atoms with Crippen LogP contribution in [0, 0.1) is 0 Å². The predicted molar refractivity (Wildman–Crippen MR) is 59.9 cm³/mol. The zero-order valence-electron chi connectivity index (χ0n) is 9.06. The molecule has 0 unspecified atom stereocenters. The fraction of sp³-hybridized carbons (Fsp3) is 0.300. The van der Waals surface area contributed by atoms with Crippen LogP contribution in [0.4, 0.5) is 0 Å². The molecule has 88 valence electrons. The molecule has 0 radical (unpaired) electrons. The summed E-state index contributed by atoms with van der Waals surface area (Å²) >= 11 is 0. The van der Waals surface area contributed by atoms with E-state index < -0.39 is 15.9 Å². The van der Waals surface area contributed by atoms with E-state index in [0.717, 1.165) is 6.26 Å². The second-order valence-corrected chi connectivity index (χ2v) is 4.88. The fourth-order valence-electron chi connectivity index (χ4n) is 1.16. The maximum atomic E-state index is 11.6. The molecule has 1 amide bonds. The number of para-hydroxylation sites is 1. The molecule has 1 aromatic rings. The van der Waals surface area contributed by atoms with Gasteiger partial charge < -0.3 is 4.74 Å². The van der Waals surface area contributed by atoms with Gasteiger partial charge in [0, 0.05) is 0 Å². The summed E-state index contributed by atoms with van der Waals surface area (Å²) in [5.74, 6) is -0.322. The standard InChI is InChI=1S/C10H13NO4S/c1-3-15-9-7-5-4-6-8(9)10(12)11-16(2,13)14/h4-7H,3H2,1-2H3,(H,11,12). The second-order valence-electron chi connectivity index (χ2n) is 3.13. The van der Waals surface area contributed by atoms with E-state index in [-0.39, 0.29) is 5.56 Å². The lowest BCUT2D eigenvalue weighted by molar-refractivity contribution is 0.0978. The third-order valence-electron chi connectivity index (χ3n) is 1.71. The smallest absolute Gasteiger partial charge is 0.268 e. The Morgan fingerprint density at radius 1 is 1.38 bits per heavy atom. The van der Waals surface area contributed by atoms with E-state index in [9.17, 15) is 13.2 Å². The lowest BCUT2D eigenvalue weighted by Crippen LogP contribution is -2.29. The van der Waals surface area contributed by atoms with Gasteiger partial charge in [-0.25, -0.2) is 13.1 Å². The molecule has 1 rings (SSSR count). The van der Waals surface area contributed by atoms with Gasteiger partial charge in [-0.2, -0.15) is 0 Å². The Labute approximate surface area is 94.5 Å². The summed E-state index contributed by atoms with van der Waals surface area (Å²) in [5, 5.41) is 0. The van der Waals surface area contributed by atoms with Crippen LogP contribution in [0.2, 0.25) is 0 Å². The van der Waals surface area contributed by atoms with Crippen molar-refractivity contribution in [1.29, 1.82) is 0 Å². The van der Waals surface area contributed by atoms with Crippen molar-refractivity contribution < 1.29 is 17.9 Å². The molecule has 6 heteroatoms. The summed E-state index contributed by atoms with van der Waals surface area (Å²) < 4.78 is 28.9. The molecule has 5 nitrogen and oxygen atoms in total. The maximum Gasteiger partial charge on any atom is 0.268 e. The normalized spacial score (nSPS) is 10.9. The van der Waals surface area contributed by atoms with Crippen molar-refractivity contribution in [2.75, 3.05) is 12.9 Å². The zero-order chi connectivity index (χ0) is 12.2. The van der Waals surface area contributed by atoms with Crippen LogP contribution in [-0.4, -0.2) is 27.2 Å². The molecule has 0 fully saturated rings. The summed E-state index contributed by atoms with van der Waals surface area (Å²) in [7, 11) is -3.56. The van der Waals surface area contributed by atoms with Gasteiger partial charge in [0.1, 0.15) is 5.75 Å². The lowest BCUT2D eigenvalue weighted by atomic mass is 10.2. The molecule has 0 bridgehead atoms. The molecular formula is C10H13NO4S. The van der Waals surface area contributed by atoms with Crippen molar-refractivity contribution in [2.24, 2.45) is 0 Å². The Kier molecular flexibility index (Phi) is 3.89. The molecule has 0 aliphatic carbocycles.